The molecule has 1 fully saturated rings. The normalized spacial score (nSPS) is 17.2. The van der Waals surface area contributed by atoms with Crippen LogP contribution < -0.4 is 10.6 Å². The molecule has 0 aliphatic carbocycles. The number of fused-ring (bicyclic) bond motifs is 1. The maximum absolute atomic E-state index is 12.7. The number of ether oxygens (including phenoxy) is 1. The van der Waals surface area contributed by atoms with Crippen LogP contribution in [0.2, 0.25) is 0 Å². The molecule has 2 aromatic carbocycles. The molecular weight excluding hydrogens is 370 g/mol. The predicted octanol–water partition coefficient (Wildman–Crippen LogP) is 2.17. The maximum atomic E-state index is 12.7. The van der Waals surface area contributed by atoms with Crippen molar-refractivity contribution in [3.05, 3.63) is 42.5 Å². The molecular formula is C22H27N3O4. The van der Waals surface area contributed by atoms with Gasteiger partial charge in [-0.15, -0.1) is 0 Å². The van der Waals surface area contributed by atoms with Crippen molar-refractivity contribution in [2.75, 3.05) is 31.6 Å². The third-order valence-electron chi connectivity index (χ3n) is 4.79. The van der Waals surface area contributed by atoms with Crippen LogP contribution in [0.3, 0.4) is 0 Å². The van der Waals surface area contributed by atoms with Crippen molar-refractivity contribution >= 4 is 34.2 Å². The van der Waals surface area contributed by atoms with Gasteiger partial charge in [-0.05, 0) is 17.4 Å². The van der Waals surface area contributed by atoms with E-state index in [0.717, 1.165) is 16.5 Å². The van der Waals surface area contributed by atoms with Crippen LogP contribution in [0.1, 0.15) is 20.3 Å². The summed E-state index contributed by atoms with van der Waals surface area (Å²) in [5, 5.41) is 7.68. The van der Waals surface area contributed by atoms with Crippen molar-refractivity contribution in [3.8, 4) is 0 Å². The number of nitrogens with zero attached hydrogens (tertiary/aromatic N) is 1. The van der Waals surface area contributed by atoms with E-state index >= 15 is 0 Å². The van der Waals surface area contributed by atoms with Gasteiger partial charge in [-0.1, -0.05) is 50.2 Å². The van der Waals surface area contributed by atoms with Crippen LogP contribution in [-0.2, 0) is 19.1 Å². The molecule has 0 radical (unpaired) electrons. The van der Waals surface area contributed by atoms with Crippen LogP contribution in [0, 0.1) is 5.92 Å². The molecule has 1 atom stereocenters. The molecule has 2 N–H and O–H groups in total. The van der Waals surface area contributed by atoms with E-state index in [9.17, 15) is 14.4 Å². The second-order valence-corrected chi connectivity index (χ2v) is 7.63. The summed E-state index contributed by atoms with van der Waals surface area (Å²) in [7, 11) is 0. The van der Waals surface area contributed by atoms with E-state index in [2.05, 4.69) is 10.6 Å². The largest absolute Gasteiger partial charge is 0.465 e. The van der Waals surface area contributed by atoms with E-state index in [0.29, 0.717) is 19.7 Å². The number of carbonyl (C=O) groups is 3. The lowest BCUT2D eigenvalue weighted by Crippen LogP contribution is -2.57. The van der Waals surface area contributed by atoms with Crippen molar-refractivity contribution < 1.29 is 19.1 Å². The van der Waals surface area contributed by atoms with Gasteiger partial charge in [0.1, 0.15) is 6.04 Å². The highest BCUT2D eigenvalue weighted by molar-refractivity contribution is 6.03. The quantitative estimate of drug-likeness (QED) is 0.699. The molecule has 1 heterocycles. The zero-order valence-corrected chi connectivity index (χ0v) is 16.8. The molecule has 1 saturated heterocycles. The highest BCUT2D eigenvalue weighted by Gasteiger charge is 2.33. The summed E-state index contributed by atoms with van der Waals surface area (Å²) in [6.45, 7) is 5.18. The van der Waals surface area contributed by atoms with Crippen LogP contribution in [0.15, 0.2) is 42.5 Å². The van der Waals surface area contributed by atoms with Crippen molar-refractivity contribution in [2.24, 2.45) is 5.92 Å². The molecule has 1 unspecified atom stereocenters. The summed E-state index contributed by atoms with van der Waals surface area (Å²) in [5.74, 6) is -0.686. The minimum absolute atomic E-state index is 0.0266. The number of hydrogen-bond acceptors (Lipinski definition) is 5. The number of anilines is 1. The average molecular weight is 397 g/mol. The zero-order valence-electron chi connectivity index (χ0n) is 16.8. The van der Waals surface area contributed by atoms with E-state index in [1.807, 2.05) is 56.3 Å². The Hall–Kier alpha value is -2.93. The number of amides is 2. The summed E-state index contributed by atoms with van der Waals surface area (Å²) in [6, 6.07) is 12.8. The predicted molar refractivity (Wildman–Crippen MR) is 111 cm³/mol. The Labute approximate surface area is 170 Å². The second-order valence-electron chi connectivity index (χ2n) is 7.63. The fourth-order valence-corrected chi connectivity index (χ4v) is 3.36. The first-order valence-corrected chi connectivity index (χ1v) is 9.89. The van der Waals surface area contributed by atoms with E-state index in [1.54, 1.807) is 4.90 Å². The topological polar surface area (TPSA) is 87.7 Å². The number of hydrogen-bond donors (Lipinski definition) is 2. The summed E-state index contributed by atoms with van der Waals surface area (Å²) in [5.41, 5.74) is 0.724. The molecule has 0 bridgehead atoms. The molecule has 3 rings (SSSR count). The summed E-state index contributed by atoms with van der Waals surface area (Å²) >= 11 is 0. The first-order valence-electron chi connectivity index (χ1n) is 9.89. The molecule has 0 saturated carbocycles. The standard InChI is InChI=1S/C22H27N3O4/c1-15(2)14-29-21(27)12-19-22(28)23-10-11-25(19)13-20(26)24-18-9-5-7-16-6-3-4-8-17(16)18/h3-9,15,19H,10-14H2,1-2H3,(H,23,28)(H,24,26). The Balaban J connectivity index is 1.65. The number of nitrogens with one attached hydrogen (secondary N) is 2. The Bertz CT molecular complexity index is 891. The number of esters is 1. The van der Waals surface area contributed by atoms with Gasteiger partial charge in [0.05, 0.1) is 19.6 Å². The van der Waals surface area contributed by atoms with Crippen molar-refractivity contribution in [1.29, 1.82) is 0 Å². The SMILES string of the molecule is CC(C)COC(=O)CC1C(=O)NCCN1CC(=O)Nc1cccc2ccccc12. The molecule has 7 heteroatoms. The van der Waals surface area contributed by atoms with E-state index in [1.165, 1.54) is 0 Å². The van der Waals surface area contributed by atoms with Gasteiger partial charge in [0.25, 0.3) is 0 Å². The van der Waals surface area contributed by atoms with Crippen LogP contribution in [-0.4, -0.2) is 55.0 Å². The molecule has 2 aromatic rings. The number of carbonyl (C=O) groups excluding carboxylic acids is 3. The van der Waals surface area contributed by atoms with E-state index in [4.69, 9.17) is 4.74 Å². The number of rotatable bonds is 7. The number of benzene rings is 2. The van der Waals surface area contributed by atoms with Crippen molar-refractivity contribution in [1.82, 2.24) is 10.2 Å². The van der Waals surface area contributed by atoms with E-state index in [-0.39, 0.29) is 30.7 Å². The average Bonchev–Trinajstić information content (AvgIpc) is 2.69. The third kappa shape index (κ3) is 5.54. The number of piperazine rings is 1. The molecule has 29 heavy (non-hydrogen) atoms. The summed E-state index contributed by atoms with van der Waals surface area (Å²) in [6.07, 6.45) is -0.0693. The molecule has 1 aliphatic heterocycles. The summed E-state index contributed by atoms with van der Waals surface area (Å²) in [4.78, 5) is 38.8. The molecule has 0 spiro atoms. The molecule has 2 amide bonds. The Morgan fingerprint density at radius 2 is 1.97 bits per heavy atom. The van der Waals surface area contributed by atoms with Gasteiger partial charge in [-0.2, -0.15) is 0 Å². The van der Waals surface area contributed by atoms with Gasteiger partial charge in [0.15, 0.2) is 0 Å². The van der Waals surface area contributed by atoms with Crippen LogP contribution in [0.4, 0.5) is 5.69 Å². The van der Waals surface area contributed by atoms with Crippen molar-refractivity contribution in [2.45, 2.75) is 26.3 Å². The lowest BCUT2D eigenvalue weighted by molar-refractivity contribution is -0.149. The first-order chi connectivity index (χ1) is 13.9. The fourth-order valence-electron chi connectivity index (χ4n) is 3.36. The minimum Gasteiger partial charge on any atom is -0.465 e. The van der Waals surface area contributed by atoms with Crippen LogP contribution >= 0.6 is 0 Å². The lowest BCUT2D eigenvalue weighted by atomic mass is 10.1. The van der Waals surface area contributed by atoms with Gasteiger partial charge in [0, 0.05) is 24.2 Å². The summed E-state index contributed by atoms with van der Waals surface area (Å²) < 4.78 is 5.21. The monoisotopic (exact) mass is 397 g/mol. The van der Waals surface area contributed by atoms with Gasteiger partial charge >= 0.3 is 5.97 Å². The smallest absolute Gasteiger partial charge is 0.307 e. The Morgan fingerprint density at radius 1 is 1.21 bits per heavy atom. The molecule has 1 aliphatic rings. The Kier molecular flexibility index (Phi) is 6.82. The molecule has 154 valence electrons. The second kappa shape index (κ2) is 9.52. The minimum atomic E-state index is -0.707. The van der Waals surface area contributed by atoms with Gasteiger partial charge in [-0.25, -0.2) is 0 Å². The Morgan fingerprint density at radius 3 is 2.76 bits per heavy atom. The highest BCUT2D eigenvalue weighted by Crippen LogP contribution is 2.23. The van der Waals surface area contributed by atoms with Gasteiger partial charge < -0.3 is 15.4 Å². The van der Waals surface area contributed by atoms with Gasteiger partial charge in [-0.3, -0.25) is 19.3 Å². The molecule has 7 nitrogen and oxygen atoms in total. The lowest BCUT2D eigenvalue weighted by Gasteiger charge is -2.33. The van der Waals surface area contributed by atoms with Crippen LogP contribution in [0.25, 0.3) is 10.8 Å². The van der Waals surface area contributed by atoms with E-state index < -0.39 is 12.0 Å². The fraction of sp³-hybridized carbons (Fsp3) is 0.409. The third-order valence-corrected chi connectivity index (χ3v) is 4.79. The maximum Gasteiger partial charge on any atom is 0.307 e. The zero-order chi connectivity index (χ0) is 20.8. The molecule has 0 aromatic heterocycles. The van der Waals surface area contributed by atoms with Gasteiger partial charge in [0.2, 0.25) is 11.8 Å². The van der Waals surface area contributed by atoms with Crippen molar-refractivity contribution in [3.63, 3.8) is 0 Å². The first kappa shape index (κ1) is 20.8. The van der Waals surface area contributed by atoms with Crippen LogP contribution in [0.5, 0.6) is 0 Å². The highest BCUT2D eigenvalue weighted by atomic mass is 16.5.